The van der Waals surface area contributed by atoms with Crippen LogP contribution >= 0.6 is 0 Å². The largest absolute Gasteiger partial charge is 0.494 e. The third kappa shape index (κ3) is 4.11. The van der Waals surface area contributed by atoms with Crippen molar-refractivity contribution in [2.45, 2.75) is 30.8 Å². The molecule has 0 bridgehead atoms. The van der Waals surface area contributed by atoms with E-state index in [-0.39, 0.29) is 29.4 Å². The molecule has 0 unspecified atom stereocenters. The van der Waals surface area contributed by atoms with Gasteiger partial charge in [-0.05, 0) is 49.7 Å². The molecule has 1 saturated heterocycles. The Morgan fingerprint density at radius 3 is 2.50 bits per heavy atom. The molecule has 142 valence electrons. The monoisotopic (exact) mass is 399 g/mol. The van der Waals surface area contributed by atoms with E-state index in [9.17, 15) is 16.8 Å². The van der Waals surface area contributed by atoms with Gasteiger partial charge in [-0.3, -0.25) is 0 Å². The van der Waals surface area contributed by atoms with Crippen molar-refractivity contribution in [2.24, 2.45) is 0 Å². The van der Waals surface area contributed by atoms with Gasteiger partial charge in [0.25, 0.3) is 0 Å². The van der Waals surface area contributed by atoms with Crippen molar-refractivity contribution in [1.82, 2.24) is 4.31 Å². The van der Waals surface area contributed by atoms with Crippen LogP contribution in [0, 0.1) is 0 Å². The smallest absolute Gasteiger partial charge is 0.243 e. The molecule has 7 nitrogen and oxygen atoms in total. The molecule has 26 heavy (non-hydrogen) atoms. The summed E-state index contributed by atoms with van der Waals surface area (Å²) in [7, 11) is -7.12. The standard InChI is InChI=1S/C17H21NO6S2/c1-2-23-15-5-7-17(8-6-15)26(21,22)18(12-16-4-3-10-24-16)14-9-11-25(19,20)13-14/h3-8,10,14H,2,9,11-13H2,1H3/t14-/m1/s1. The quantitative estimate of drug-likeness (QED) is 0.707. The fourth-order valence-corrected chi connectivity index (χ4v) is 6.42. The first-order chi connectivity index (χ1) is 12.3. The van der Waals surface area contributed by atoms with Crippen molar-refractivity contribution >= 4 is 19.9 Å². The molecule has 0 aliphatic carbocycles. The Bertz CT molecular complexity index is 934. The second-order valence-corrected chi connectivity index (χ2v) is 10.2. The molecule has 1 aliphatic heterocycles. The van der Waals surface area contributed by atoms with Crippen LogP contribution in [-0.4, -0.2) is 45.3 Å². The van der Waals surface area contributed by atoms with Gasteiger partial charge in [0, 0.05) is 6.04 Å². The molecule has 0 amide bonds. The second-order valence-electron chi connectivity index (χ2n) is 6.09. The van der Waals surface area contributed by atoms with Gasteiger partial charge in [-0.1, -0.05) is 0 Å². The Balaban J connectivity index is 1.93. The average Bonchev–Trinajstić information content (AvgIpc) is 3.22. The molecule has 0 N–H and O–H groups in total. The number of ether oxygens (including phenoxy) is 1. The van der Waals surface area contributed by atoms with Crippen molar-refractivity contribution in [3.8, 4) is 5.75 Å². The van der Waals surface area contributed by atoms with Gasteiger partial charge in [-0.2, -0.15) is 4.31 Å². The fourth-order valence-electron chi connectivity index (χ4n) is 2.98. The van der Waals surface area contributed by atoms with E-state index in [4.69, 9.17) is 9.15 Å². The van der Waals surface area contributed by atoms with Crippen LogP contribution in [0.5, 0.6) is 5.75 Å². The number of benzene rings is 1. The van der Waals surface area contributed by atoms with Crippen molar-refractivity contribution < 1.29 is 26.0 Å². The molecular formula is C17H21NO6S2. The van der Waals surface area contributed by atoms with Crippen molar-refractivity contribution in [2.75, 3.05) is 18.1 Å². The molecule has 2 heterocycles. The van der Waals surface area contributed by atoms with Crippen LogP contribution in [-0.2, 0) is 26.4 Å². The third-order valence-electron chi connectivity index (χ3n) is 4.25. The molecule has 0 spiro atoms. The van der Waals surface area contributed by atoms with Gasteiger partial charge >= 0.3 is 0 Å². The highest BCUT2D eigenvalue weighted by Gasteiger charge is 2.39. The van der Waals surface area contributed by atoms with E-state index < -0.39 is 25.9 Å². The first-order valence-corrected chi connectivity index (χ1v) is 11.6. The van der Waals surface area contributed by atoms with E-state index >= 15 is 0 Å². The molecule has 9 heteroatoms. The Kier molecular flexibility index (Phi) is 5.40. The van der Waals surface area contributed by atoms with Crippen LogP contribution in [0.1, 0.15) is 19.1 Å². The lowest BCUT2D eigenvalue weighted by Gasteiger charge is -2.26. The van der Waals surface area contributed by atoms with Crippen molar-refractivity contribution in [3.63, 3.8) is 0 Å². The fraction of sp³-hybridized carbons (Fsp3) is 0.412. The van der Waals surface area contributed by atoms with Crippen LogP contribution in [0.15, 0.2) is 52.0 Å². The molecule has 2 aromatic rings. The normalized spacial score (nSPS) is 19.7. The summed E-state index contributed by atoms with van der Waals surface area (Å²) in [6.45, 7) is 2.32. The summed E-state index contributed by atoms with van der Waals surface area (Å²) < 4.78 is 61.9. The van der Waals surface area contributed by atoms with Crippen LogP contribution < -0.4 is 4.74 Å². The van der Waals surface area contributed by atoms with Gasteiger partial charge in [-0.25, -0.2) is 16.8 Å². The summed E-state index contributed by atoms with van der Waals surface area (Å²) in [5.41, 5.74) is 0. The minimum Gasteiger partial charge on any atom is -0.494 e. The Morgan fingerprint density at radius 2 is 1.96 bits per heavy atom. The Hall–Kier alpha value is -1.84. The molecule has 1 aromatic heterocycles. The highest BCUT2D eigenvalue weighted by Crippen LogP contribution is 2.28. The Morgan fingerprint density at radius 1 is 1.23 bits per heavy atom. The van der Waals surface area contributed by atoms with Crippen LogP contribution in [0.4, 0.5) is 0 Å². The summed E-state index contributed by atoms with van der Waals surface area (Å²) in [5.74, 6) is 0.853. The predicted octanol–water partition coefficient (Wildman–Crippen LogP) is 2.06. The second kappa shape index (κ2) is 7.42. The maximum absolute atomic E-state index is 13.2. The van der Waals surface area contributed by atoms with Crippen molar-refractivity contribution in [1.29, 1.82) is 0 Å². The summed E-state index contributed by atoms with van der Waals surface area (Å²) in [6.07, 6.45) is 1.74. The van der Waals surface area contributed by atoms with Gasteiger partial charge in [0.1, 0.15) is 11.5 Å². The average molecular weight is 399 g/mol. The SMILES string of the molecule is CCOc1ccc(S(=O)(=O)N(Cc2ccco2)[C@@H]2CCS(=O)(=O)C2)cc1. The van der Waals surface area contributed by atoms with Gasteiger partial charge in [-0.15, -0.1) is 0 Å². The molecule has 0 radical (unpaired) electrons. The van der Waals surface area contributed by atoms with Crippen LogP contribution in [0.25, 0.3) is 0 Å². The molecule has 1 aromatic carbocycles. The van der Waals surface area contributed by atoms with Gasteiger partial charge in [0.15, 0.2) is 9.84 Å². The molecule has 1 aliphatic rings. The van der Waals surface area contributed by atoms with E-state index in [0.717, 1.165) is 0 Å². The number of sulfonamides is 1. The summed E-state index contributed by atoms with van der Waals surface area (Å²) in [4.78, 5) is 0.0943. The van der Waals surface area contributed by atoms with Crippen LogP contribution in [0.2, 0.25) is 0 Å². The lowest BCUT2D eigenvalue weighted by atomic mass is 10.2. The zero-order chi connectivity index (χ0) is 18.8. The Labute approximate surface area is 153 Å². The van der Waals surface area contributed by atoms with E-state index in [0.29, 0.717) is 18.1 Å². The molecule has 3 rings (SSSR count). The zero-order valence-corrected chi connectivity index (χ0v) is 16.0. The predicted molar refractivity (Wildman–Crippen MR) is 96.1 cm³/mol. The van der Waals surface area contributed by atoms with E-state index in [1.54, 1.807) is 24.3 Å². The number of rotatable bonds is 7. The van der Waals surface area contributed by atoms with E-state index in [2.05, 4.69) is 0 Å². The number of hydrogen-bond donors (Lipinski definition) is 0. The summed E-state index contributed by atoms with van der Waals surface area (Å²) >= 11 is 0. The maximum Gasteiger partial charge on any atom is 0.243 e. The molecular weight excluding hydrogens is 378 g/mol. The van der Waals surface area contributed by atoms with E-state index in [1.165, 1.54) is 22.7 Å². The molecule has 0 saturated carbocycles. The van der Waals surface area contributed by atoms with Gasteiger partial charge < -0.3 is 9.15 Å². The molecule has 1 fully saturated rings. The highest BCUT2D eigenvalue weighted by atomic mass is 32.2. The van der Waals surface area contributed by atoms with Gasteiger partial charge in [0.05, 0.1) is 35.8 Å². The maximum atomic E-state index is 13.2. The summed E-state index contributed by atoms with van der Waals surface area (Å²) in [6, 6.07) is 8.85. The first-order valence-electron chi connectivity index (χ1n) is 8.29. The minimum absolute atomic E-state index is 0.00881. The lowest BCUT2D eigenvalue weighted by molar-refractivity contribution is 0.306. The third-order valence-corrected chi connectivity index (χ3v) is 7.91. The zero-order valence-electron chi connectivity index (χ0n) is 14.4. The molecule has 1 atom stereocenters. The lowest BCUT2D eigenvalue weighted by Crippen LogP contribution is -2.40. The van der Waals surface area contributed by atoms with Crippen molar-refractivity contribution in [3.05, 3.63) is 48.4 Å². The minimum atomic E-state index is -3.89. The number of hydrogen-bond acceptors (Lipinski definition) is 6. The highest BCUT2D eigenvalue weighted by molar-refractivity contribution is 7.92. The van der Waals surface area contributed by atoms with E-state index in [1.807, 2.05) is 6.92 Å². The van der Waals surface area contributed by atoms with Crippen LogP contribution in [0.3, 0.4) is 0 Å². The first kappa shape index (κ1) is 18.9. The summed E-state index contributed by atoms with van der Waals surface area (Å²) in [5, 5.41) is 0. The topological polar surface area (TPSA) is 93.9 Å². The van der Waals surface area contributed by atoms with Gasteiger partial charge in [0.2, 0.25) is 10.0 Å². The number of nitrogens with zero attached hydrogens (tertiary/aromatic N) is 1. The number of sulfone groups is 1. The number of furan rings is 1.